The van der Waals surface area contributed by atoms with E-state index in [4.69, 9.17) is 11.6 Å². The van der Waals surface area contributed by atoms with Gasteiger partial charge in [-0.1, -0.05) is 11.6 Å². The number of aromatic nitrogens is 2. The van der Waals surface area contributed by atoms with Crippen LogP contribution in [0.25, 0.3) is 22.3 Å². The van der Waals surface area contributed by atoms with E-state index >= 15 is 0 Å². The average Bonchev–Trinajstić information content (AvgIpc) is 3.55. The second-order valence-corrected chi connectivity index (χ2v) is 11.1. The fourth-order valence-electron chi connectivity index (χ4n) is 5.11. The van der Waals surface area contributed by atoms with Crippen molar-refractivity contribution in [2.45, 2.75) is 45.2 Å². The molecule has 1 saturated heterocycles. The van der Waals surface area contributed by atoms with E-state index in [1.165, 1.54) is 22.8 Å². The maximum absolute atomic E-state index is 13.8. The first-order valence-electron chi connectivity index (χ1n) is 13.2. The average molecular weight is 562 g/mol. The first-order valence-corrected chi connectivity index (χ1v) is 13.5. The molecular weight excluding hydrogens is 531 g/mol. The maximum atomic E-state index is 13.8. The fourth-order valence-corrected chi connectivity index (χ4v) is 5.29. The van der Waals surface area contributed by atoms with Crippen molar-refractivity contribution in [3.63, 3.8) is 0 Å². The molecule has 1 unspecified atom stereocenters. The summed E-state index contributed by atoms with van der Waals surface area (Å²) >= 11 is 6.01. The molecule has 5 rings (SSSR count). The van der Waals surface area contributed by atoms with Crippen molar-refractivity contribution < 1.29 is 18.0 Å². The number of nitrogens with one attached hydrogen (secondary N) is 1. The number of halogens is 4. The van der Waals surface area contributed by atoms with Gasteiger partial charge in [-0.3, -0.25) is 14.2 Å². The van der Waals surface area contributed by atoms with Crippen molar-refractivity contribution in [3.05, 3.63) is 57.6 Å². The van der Waals surface area contributed by atoms with E-state index in [-0.39, 0.29) is 35.8 Å². The molecule has 0 spiro atoms. The number of carbonyl (C=O) groups excluding carboxylic acids is 1. The highest BCUT2D eigenvalue weighted by atomic mass is 35.5. The van der Waals surface area contributed by atoms with E-state index in [2.05, 4.69) is 20.1 Å². The summed E-state index contributed by atoms with van der Waals surface area (Å²) < 4.78 is 41.9. The van der Waals surface area contributed by atoms with E-state index in [1.807, 2.05) is 19.9 Å². The van der Waals surface area contributed by atoms with Crippen LogP contribution in [0.2, 0.25) is 5.02 Å². The standard InChI is InChI=1S/C28H31ClF3N5O2/c1-17(2)33-25(38)16-37-26(18-4-6-23(30)22(29)12-18)34-24-7-5-20(13-21(24)27(37)39)36-9-3-8-35(10-11-36)15-19-14-28(19,31)32/h4-7,12-13,17,19H,3,8-11,14-16H2,1-2H3,(H,33,38). The summed E-state index contributed by atoms with van der Waals surface area (Å²) in [7, 11) is 0. The summed E-state index contributed by atoms with van der Waals surface area (Å²) in [4.78, 5) is 35.4. The molecule has 2 aliphatic rings. The van der Waals surface area contributed by atoms with Crippen LogP contribution < -0.4 is 15.8 Å². The van der Waals surface area contributed by atoms with Crippen molar-refractivity contribution in [2.24, 2.45) is 5.92 Å². The van der Waals surface area contributed by atoms with E-state index in [0.717, 1.165) is 25.2 Å². The lowest BCUT2D eigenvalue weighted by Crippen LogP contribution is -2.37. The Labute approximate surface area is 229 Å². The minimum absolute atomic E-state index is 0.0293. The Morgan fingerprint density at radius 2 is 1.92 bits per heavy atom. The van der Waals surface area contributed by atoms with Crippen LogP contribution in [0.5, 0.6) is 0 Å². The van der Waals surface area contributed by atoms with E-state index in [0.29, 0.717) is 36.1 Å². The monoisotopic (exact) mass is 561 g/mol. The van der Waals surface area contributed by atoms with Gasteiger partial charge in [0.1, 0.15) is 18.2 Å². The predicted molar refractivity (Wildman–Crippen MR) is 146 cm³/mol. The van der Waals surface area contributed by atoms with Gasteiger partial charge < -0.3 is 15.1 Å². The Morgan fingerprint density at radius 1 is 1.15 bits per heavy atom. The van der Waals surface area contributed by atoms with Gasteiger partial charge in [-0.2, -0.15) is 0 Å². The molecule has 1 aromatic heterocycles. The van der Waals surface area contributed by atoms with Crippen LogP contribution in [0.1, 0.15) is 26.7 Å². The molecule has 2 heterocycles. The molecule has 1 aliphatic carbocycles. The highest BCUT2D eigenvalue weighted by Crippen LogP contribution is 2.48. The summed E-state index contributed by atoms with van der Waals surface area (Å²) in [5, 5.41) is 3.02. The van der Waals surface area contributed by atoms with Crippen LogP contribution in [-0.2, 0) is 11.3 Å². The third kappa shape index (κ3) is 6.06. The Bertz CT molecular complexity index is 1460. The molecule has 3 aromatic rings. The number of hydrogen-bond acceptors (Lipinski definition) is 5. The maximum Gasteiger partial charge on any atom is 0.262 e. The van der Waals surface area contributed by atoms with Gasteiger partial charge >= 0.3 is 0 Å². The number of rotatable bonds is 7. The number of hydrogen-bond donors (Lipinski definition) is 1. The number of benzene rings is 2. The quantitative estimate of drug-likeness (QED) is 0.458. The van der Waals surface area contributed by atoms with Gasteiger partial charge in [-0.25, -0.2) is 18.2 Å². The van der Waals surface area contributed by atoms with Crippen molar-refractivity contribution in [2.75, 3.05) is 37.6 Å². The lowest BCUT2D eigenvalue weighted by atomic mass is 10.1. The van der Waals surface area contributed by atoms with E-state index in [1.54, 1.807) is 12.1 Å². The van der Waals surface area contributed by atoms with Gasteiger partial charge in [0, 0.05) is 55.8 Å². The zero-order valence-corrected chi connectivity index (χ0v) is 22.6. The van der Waals surface area contributed by atoms with Gasteiger partial charge in [0.25, 0.3) is 11.5 Å². The second kappa shape index (κ2) is 10.8. The van der Waals surface area contributed by atoms with Crippen molar-refractivity contribution >= 4 is 34.1 Å². The molecule has 2 fully saturated rings. The van der Waals surface area contributed by atoms with Crippen LogP contribution in [0.15, 0.2) is 41.2 Å². The number of fused-ring (bicyclic) bond motifs is 1. The molecule has 1 N–H and O–H groups in total. The topological polar surface area (TPSA) is 70.5 Å². The summed E-state index contributed by atoms with van der Waals surface area (Å²) in [6, 6.07) is 9.35. The van der Waals surface area contributed by atoms with Gasteiger partial charge in [0.2, 0.25) is 5.91 Å². The highest BCUT2D eigenvalue weighted by Gasteiger charge is 2.56. The normalized spacial score (nSPS) is 19.4. The molecule has 7 nitrogen and oxygen atoms in total. The fraction of sp³-hybridized carbons (Fsp3) is 0.464. The molecule has 1 saturated carbocycles. The lowest BCUT2D eigenvalue weighted by Gasteiger charge is -2.24. The molecule has 11 heteroatoms. The third-order valence-electron chi connectivity index (χ3n) is 7.25. The SMILES string of the molecule is CC(C)NC(=O)Cn1c(-c2ccc(F)c(Cl)c2)nc2ccc(N3CCCN(CC4CC4(F)F)CC3)cc2c1=O. The molecule has 2 aromatic carbocycles. The lowest BCUT2D eigenvalue weighted by molar-refractivity contribution is -0.122. The zero-order chi connectivity index (χ0) is 27.9. The zero-order valence-electron chi connectivity index (χ0n) is 21.9. The Morgan fingerprint density at radius 3 is 2.62 bits per heavy atom. The van der Waals surface area contributed by atoms with Gasteiger partial charge in [-0.05, 0) is 63.2 Å². The molecule has 39 heavy (non-hydrogen) atoms. The summed E-state index contributed by atoms with van der Waals surface area (Å²) in [6.07, 6.45) is 0.789. The van der Waals surface area contributed by atoms with Gasteiger partial charge in [0.15, 0.2) is 0 Å². The van der Waals surface area contributed by atoms with Gasteiger partial charge in [0.05, 0.1) is 15.9 Å². The first kappa shape index (κ1) is 27.5. The second-order valence-electron chi connectivity index (χ2n) is 10.7. The Hall–Kier alpha value is -3.11. The highest BCUT2D eigenvalue weighted by molar-refractivity contribution is 6.31. The minimum Gasteiger partial charge on any atom is -0.370 e. The molecule has 1 atom stereocenters. The van der Waals surface area contributed by atoms with Crippen LogP contribution in [0, 0.1) is 11.7 Å². The number of amides is 1. The van der Waals surface area contributed by atoms with Gasteiger partial charge in [-0.15, -0.1) is 0 Å². The molecular formula is C28H31ClF3N5O2. The Balaban J connectivity index is 1.47. The Kier molecular flexibility index (Phi) is 7.61. The van der Waals surface area contributed by atoms with Crippen molar-refractivity contribution in [1.29, 1.82) is 0 Å². The summed E-state index contributed by atoms with van der Waals surface area (Å²) in [5.41, 5.74) is 1.28. The first-order chi connectivity index (χ1) is 18.5. The molecule has 0 radical (unpaired) electrons. The molecule has 208 valence electrons. The smallest absolute Gasteiger partial charge is 0.262 e. The molecule has 1 aliphatic heterocycles. The molecule has 0 bridgehead atoms. The number of alkyl halides is 2. The third-order valence-corrected chi connectivity index (χ3v) is 7.54. The summed E-state index contributed by atoms with van der Waals surface area (Å²) in [6.45, 7) is 6.57. The number of carbonyl (C=O) groups is 1. The minimum atomic E-state index is -2.53. The predicted octanol–water partition coefficient (Wildman–Crippen LogP) is 4.55. The van der Waals surface area contributed by atoms with Crippen molar-refractivity contribution in [3.8, 4) is 11.4 Å². The van der Waals surface area contributed by atoms with Crippen LogP contribution in [0.3, 0.4) is 0 Å². The van der Waals surface area contributed by atoms with E-state index < -0.39 is 23.2 Å². The van der Waals surface area contributed by atoms with E-state index in [9.17, 15) is 22.8 Å². The summed E-state index contributed by atoms with van der Waals surface area (Å²) in [5.74, 6) is -3.82. The van der Waals surface area contributed by atoms with Crippen LogP contribution >= 0.6 is 11.6 Å². The van der Waals surface area contributed by atoms with Crippen molar-refractivity contribution in [1.82, 2.24) is 19.8 Å². The number of nitrogens with zero attached hydrogens (tertiary/aromatic N) is 4. The largest absolute Gasteiger partial charge is 0.370 e. The van der Waals surface area contributed by atoms with Crippen LogP contribution in [-0.4, -0.2) is 65.0 Å². The number of anilines is 1. The molecule has 1 amide bonds. The van der Waals surface area contributed by atoms with Crippen LogP contribution in [0.4, 0.5) is 18.9 Å².